The van der Waals surface area contributed by atoms with Crippen molar-refractivity contribution in [3.8, 4) is 0 Å². The Balaban J connectivity index is 1.28. The Morgan fingerprint density at radius 3 is 2.23 bits per heavy atom. The molecule has 3 nitrogen and oxygen atoms in total. The molecular weight excluding hydrogens is 322 g/mol. The second-order valence-electron chi connectivity index (χ2n) is 8.61. The normalized spacial score (nSPS) is 32.2. The number of nitrogens with one attached hydrogen (secondary N) is 1. The summed E-state index contributed by atoms with van der Waals surface area (Å²) in [5, 5.41) is 2.94. The molecule has 1 amide bonds. The average molecular weight is 347 g/mol. The van der Waals surface area contributed by atoms with Crippen LogP contribution in [0.25, 0.3) is 6.08 Å². The van der Waals surface area contributed by atoms with Crippen LogP contribution in [0.15, 0.2) is 53.2 Å². The highest BCUT2D eigenvalue weighted by atomic mass is 16.3. The van der Waals surface area contributed by atoms with Crippen molar-refractivity contribution in [1.29, 1.82) is 0 Å². The first-order valence-electron chi connectivity index (χ1n) is 9.82. The maximum Gasteiger partial charge on any atom is 0.248 e. The van der Waals surface area contributed by atoms with Crippen molar-refractivity contribution in [2.75, 3.05) is 5.32 Å². The number of benzene rings is 1. The summed E-state index contributed by atoms with van der Waals surface area (Å²) in [6.45, 7) is 0. The zero-order valence-corrected chi connectivity index (χ0v) is 15.0. The number of hydrogen-bond donors (Lipinski definition) is 1. The number of amides is 1. The summed E-state index contributed by atoms with van der Waals surface area (Å²) >= 11 is 0. The van der Waals surface area contributed by atoms with Gasteiger partial charge in [0.15, 0.2) is 0 Å². The van der Waals surface area contributed by atoms with Crippen LogP contribution in [0.4, 0.5) is 5.69 Å². The van der Waals surface area contributed by atoms with Gasteiger partial charge in [0, 0.05) is 11.8 Å². The second kappa shape index (κ2) is 6.15. The minimum Gasteiger partial charge on any atom is -0.465 e. The molecule has 6 rings (SSSR count). The van der Waals surface area contributed by atoms with Crippen molar-refractivity contribution < 1.29 is 9.21 Å². The van der Waals surface area contributed by atoms with E-state index in [1.54, 1.807) is 18.4 Å². The van der Waals surface area contributed by atoms with Gasteiger partial charge in [-0.05, 0) is 97.6 Å². The van der Waals surface area contributed by atoms with Crippen molar-refractivity contribution in [2.45, 2.75) is 43.9 Å². The monoisotopic (exact) mass is 347 g/mol. The Labute approximate surface area is 154 Å². The predicted molar refractivity (Wildman–Crippen MR) is 103 cm³/mol. The molecule has 0 radical (unpaired) electrons. The molecule has 0 unspecified atom stereocenters. The van der Waals surface area contributed by atoms with E-state index in [-0.39, 0.29) is 5.91 Å². The molecule has 0 aliphatic heterocycles. The predicted octanol–water partition coefficient (Wildman–Crippen LogP) is 5.40. The summed E-state index contributed by atoms with van der Waals surface area (Å²) in [5.41, 5.74) is 2.75. The van der Waals surface area contributed by atoms with Crippen LogP contribution in [0, 0.1) is 17.8 Å². The lowest BCUT2D eigenvalue weighted by molar-refractivity contribution is -0.111. The fourth-order valence-electron chi connectivity index (χ4n) is 6.10. The Morgan fingerprint density at radius 1 is 1.00 bits per heavy atom. The van der Waals surface area contributed by atoms with Crippen LogP contribution in [-0.2, 0) is 10.2 Å². The molecule has 134 valence electrons. The van der Waals surface area contributed by atoms with Crippen molar-refractivity contribution in [2.24, 2.45) is 17.8 Å². The van der Waals surface area contributed by atoms with E-state index in [0.717, 1.165) is 23.4 Å². The third-order valence-corrected chi connectivity index (χ3v) is 6.75. The van der Waals surface area contributed by atoms with E-state index in [9.17, 15) is 4.79 Å². The smallest absolute Gasteiger partial charge is 0.248 e. The first-order valence-corrected chi connectivity index (χ1v) is 9.82. The van der Waals surface area contributed by atoms with Crippen molar-refractivity contribution in [1.82, 2.24) is 0 Å². The van der Waals surface area contributed by atoms with Crippen molar-refractivity contribution in [3.63, 3.8) is 0 Å². The van der Waals surface area contributed by atoms with E-state index in [4.69, 9.17) is 4.42 Å². The number of carbonyl (C=O) groups is 1. The average Bonchev–Trinajstić information content (AvgIpc) is 3.13. The lowest BCUT2D eigenvalue weighted by Gasteiger charge is -2.57. The molecule has 4 fully saturated rings. The summed E-state index contributed by atoms with van der Waals surface area (Å²) in [4.78, 5) is 12.1. The summed E-state index contributed by atoms with van der Waals surface area (Å²) in [6.07, 6.45) is 13.3. The highest BCUT2D eigenvalue weighted by Gasteiger charge is 2.51. The van der Waals surface area contributed by atoms with Crippen LogP contribution in [-0.4, -0.2) is 5.91 Å². The van der Waals surface area contributed by atoms with Gasteiger partial charge >= 0.3 is 0 Å². The minimum atomic E-state index is -0.135. The molecule has 1 heterocycles. The number of carbonyl (C=O) groups excluding carboxylic acids is 1. The lowest BCUT2D eigenvalue weighted by atomic mass is 9.48. The summed E-state index contributed by atoms with van der Waals surface area (Å²) < 4.78 is 5.20. The van der Waals surface area contributed by atoms with Gasteiger partial charge in [-0.25, -0.2) is 0 Å². The molecule has 0 atom stereocenters. The fraction of sp³-hybridized carbons (Fsp3) is 0.435. The maximum atomic E-state index is 12.1. The molecular formula is C23H25NO2. The topological polar surface area (TPSA) is 42.2 Å². The molecule has 1 aromatic heterocycles. The van der Waals surface area contributed by atoms with Crippen LogP contribution >= 0.6 is 0 Å². The minimum absolute atomic E-state index is 0.135. The first kappa shape index (κ1) is 15.9. The van der Waals surface area contributed by atoms with E-state index in [1.165, 1.54) is 50.2 Å². The van der Waals surface area contributed by atoms with E-state index < -0.39 is 0 Å². The molecule has 0 saturated heterocycles. The van der Waals surface area contributed by atoms with Crippen LogP contribution in [0.1, 0.15) is 49.8 Å². The Morgan fingerprint density at radius 2 is 1.65 bits per heavy atom. The molecule has 4 aliphatic carbocycles. The van der Waals surface area contributed by atoms with E-state index in [2.05, 4.69) is 29.6 Å². The van der Waals surface area contributed by atoms with Crippen LogP contribution in [0.3, 0.4) is 0 Å². The van der Waals surface area contributed by atoms with Gasteiger partial charge in [0.1, 0.15) is 5.76 Å². The maximum absolute atomic E-state index is 12.1. The van der Waals surface area contributed by atoms with Gasteiger partial charge in [0.2, 0.25) is 5.91 Å². The summed E-state index contributed by atoms with van der Waals surface area (Å²) in [7, 11) is 0. The summed E-state index contributed by atoms with van der Waals surface area (Å²) in [6, 6.07) is 12.3. The van der Waals surface area contributed by atoms with Gasteiger partial charge in [-0.2, -0.15) is 0 Å². The Bertz CT molecular complexity index is 781. The number of rotatable bonds is 4. The Hall–Kier alpha value is -2.29. The molecule has 0 spiro atoms. The van der Waals surface area contributed by atoms with Crippen molar-refractivity contribution >= 4 is 17.7 Å². The van der Waals surface area contributed by atoms with Crippen LogP contribution in [0.5, 0.6) is 0 Å². The largest absolute Gasteiger partial charge is 0.465 e. The molecule has 4 aliphatic rings. The van der Waals surface area contributed by atoms with Crippen LogP contribution in [0.2, 0.25) is 0 Å². The molecule has 3 heteroatoms. The fourth-order valence-corrected chi connectivity index (χ4v) is 6.10. The molecule has 2 aromatic rings. The van der Waals surface area contributed by atoms with Crippen molar-refractivity contribution in [3.05, 3.63) is 60.1 Å². The van der Waals surface area contributed by atoms with Gasteiger partial charge < -0.3 is 9.73 Å². The quantitative estimate of drug-likeness (QED) is 0.753. The van der Waals surface area contributed by atoms with Gasteiger partial charge in [0.05, 0.1) is 6.26 Å². The highest BCUT2D eigenvalue weighted by molar-refractivity contribution is 6.01. The lowest BCUT2D eigenvalue weighted by Crippen LogP contribution is -2.48. The zero-order chi connectivity index (χ0) is 17.6. The summed E-state index contributed by atoms with van der Waals surface area (Å²) in [5.74, 6) is 3.40. The standard InChI is InChI=1S/C23H25NO2/c25-22(8-7-21-2-1-9-26-21)24-20-5-3-19(4-6-20)23-13-16-10-17(14-23)12-18(11-16)15-23/h1-9,16-18H,10-15H2,(H,24,25)/b8-7+. The number of anilines is 1. The van der Waals surface area contributed by atoms with E-state index >= 15 is 0 Å². The van der Waals surface area contributed by atoms with Gasteiger partial charge in [-0.1, -0.05) is 12.1 Å². The third kappa shape index (κ3) is 2.90. The third-order valence-electron chi connectivity index (χ3n) is 6.75. The highest BCUT2D eigenvalue weighted by Crippen LogP contribution is 2.60. The second-order valence-corrected chi connectivity index (χ2v) is 8.61. The molecule has 1 aromatic carbocycles. The molecule has 4 bridgehead atoms. The van der Waals surface area contributed by atoms with Crippen LogP contribution < -0.4 is 5.32 Å². The van der Waals surface area contributed by atoms with Gasteiger partial charge in [-0.3, -0.25) is 4.79 Å². The van der Waals surface area contributed by atoms with Gasteiger partial charge in [0.25, 0.3) is 0 Å². The van der Waals surface area contributed by atoms with E-state index in [0.29, 0.717) is 11.2 Å². The zero-order valence-electron chi connectivity index (χ0n) is 15.0. The molecule has 26 heavy (non-hydrogen) atoms. The number of furan rings is 1. The van der Waals surface area contributed by atoms with E-state index in [1.807, 2.05) is 6.07 Å². The SMILES string of the molecule is O=C(/C=C/c1ccco1)Nc1ccc(C23CC4CC(CC(C4)C2)C3)cc1. The molecule has 4 saturated carbocycles. The first-order chi connectivity index (χ1) is 12.7. The Kier molecular flexibility index (Phi) is 3.77. The van der Waals surface area contributed by atoms with Gasteiger partial charge in [-0.15, -0.1) is 0 Å². The molecule has 1 N–H and O–H groups in total. The number of hydrogen-bond acceptors (Lipinski definition) is 2.